The summed E-state index contributed by atoms with van der Waals surface area (Å²) in [5.74, 6) is -0.149. The number of amides is 1. The molecule has 0 bridgehead atoms. The molecule has 0 radical (unpaired) electrons. The highest BCUT2D eigenvalue weighted by molar-refractivity contribution is 5.81. The molecule has 0 aliphatic carbocycles. The van der Waals surface area contributed by atoms with E-state index >= 15 is 0 Å². The summed E-state index contributed by atoms with van der Waals surface area (Å²) in [6.45, 7) is 2.51. The lowest BCUT2D eigenvalue weighted by molar-refractivity contribution is -0.137. The van der Waals surface area contributed by atoms with E-state index in [1.54, 1.807) is 17.0 Å². The van der Waals surface area contributed by atoms with Crippen molar-refractivity contribution in [2.24, 2.45) is 0 Å². The molecule has 1 aliphatic heterocycles. The number of nitrogens with zero attached hydrogens (tertiary/aromatic N) is 3. The summed E-state index contributed by atoms with van der Waals surface area (Å²) in [5, 5.41) is 11.7. The van der Waals surface area contributed by atoms with Gasteiger partial charge in [-0.25, -0.2) is 0 Å². The maximum absolute atomic E-state index is 12.8. The summed E-state index contributed by atoms with van der Waals surface area (Å²) in [6.07, 6.45) is -3.63. The van der Waals surface area contributed by atoms with Crippen LogP contribution in [0.2, 0.25) is 0 Å². The molecule has 0 spiro atoms. The average molecular weight is 402 g/mol. The molecule has 2 aromatic carbocycles. The van der Waals surface area contributed by atoms with Gasteiger partial charge >= 0.3 is 6.18 Å². The van der Waals surface area contributed by atoms with Gasteiger partial charge in [0.15, 0.2) is 0 Å². The van der Waals surface area contributed by atoms with Crippen LogP contribution in [-0.4, -0.2) is 43.5 Å². The lowest BCUT2D eigenvalue weighted by Crippen LogP contribution is -2.38. The molecule has 1 aliphatic rings. The van der Waals surface area contributed by atoms with E-state index in [0.29, 0.717) is 25.2 Å². The van der Waals surface area contributed by atoms with Crippen molar-refractivity contribution in [3.8, 4) is 6.07 Å². The highest BCUT2D eigenvalue weighted by Gasteiger charge is 2.30. The number of halogens is 3. The first-order valence-corrected chi connectivity index (χ1v) is 9.31. The Morgan fingerprint density at radius 3 is 2.52 bits per heavy atom. The number of carbonyl (C=O) groups excluding carboxylic acids is 1. The second-order valence-corrected chi connectivity index (χ2v) is 6.81. The molecule has 2 aromatic rings. The van der Waals surface area contributed by atoms with Crippen LogP contribution in [-0.2, 0) is 11.0 Å². The zero-order valence-electron chi connectivity index (χ0n) is 15.7. The molecule has 1 N–H and O–H groups in total. The number of carbonyl (C=O) groups is 1. The van der Waals surface area contributed by atoms with Crippen LogP contribution in [0, 0.1) is 11.3 Å². The minimum Gasteiger partial charge on any atom is -0.376 e. The quantitative estimate of drug-likeness (QED) is 0.847. The molecule has 0 atom stereocenters. The predicted octanol–water partition coefficient (Wildman–Crippen LogP) is 3.73. The van der Waals surface area contributed by atoms with Crippen LogP contribution >= 0.6 is 0 Å². The highest BCUT2D eigenvalue weighted by Crippen LogP contribution is 2.30. The van der Waals surface area contributed by atoms with Crippen molar-refractivity contribution in [1.29, 1.82) is 5.26 Å². The third-order valence-corrected chi connectivity index (χ3v) is 4.84. The van der Waals surface area contributed by atoms with Crippen molar-refractivity contribution < 1.29 is 18.0 Å². The molecular weight excluding hydrogens is 381 g/mol. The second-order valence-electron chi connectivity index (χ2n) is 6.81. The first-order valence-electron chi connectivity index (χ1n) is 9.31. The minimum absolute atomic E-state index is 0.0574. The molecule has 5 nitrogen and oxygen atoms in total. The standard InChI is InChI=1S/C21H21F3N4O/c22-21(23,24)17-3-1-4-18(13-17)26-15-20(29)28-10-2-9-27(11-12-28)19-7-5-16(14-25)6-8-19/h1,3-8,13,26H,2,9-12,15H2. The number of alkyl halides is 3. The number of hydrogen-bond donors (Lipinski definition) is 1. The second kappa shape index (κ2) is 8.86. The molecule has 0 saturated carbocycles. The van der Waals surface area contributed by atoms with E-state index in [4.69, 9.17) is 5.26 Å². The van der Waals surface area contributed by atoms with Crippen molar-refractivity contribution in [3.05, 3.63) is 59.7 Å². The molecule has 0 aromatic heterocycles. The molecule has 1 amide bonds. The van der Waals surface area contributed by atoms with Gasteiger partial charge < -0.3 is 15.1 Å². The monoisotopic (exact) mass is 402 g/mol. The van der Waals surface area contributed by atoms with Crippen LogP contribution in [0.25, 0.3) is 0 Å². The van der Waals surface area contributed by atoms with Gasteiger partial charge in [0.2, 0.25) is 5.91 Å². The maximum atomic E-state index is 12.8. The van der Waals surface area contributed by atoms with Gasteiger partial charge in [0.05, 0.1) is 23.7 Å². The van der Waals surface area contributed by atoms with Crippen LogP contribution < -0.4 is 10.2 Å². The van der Waals surface area contributed by atoms with Crippen LogP contribution in [0.15, 0.2) is 48.5 Å². The van der Waals surface area contributed by atoms with Crippen molar-refractivity contribution in [2.45, 2.75) is 12.6 Å². The number of hydrogen-bond acceptors (Lipinski definition) is 4. The van der Waals surface area contributed by atoms with Gasteiger partial charge in [0.1, 0.15) is 0 Å². The van der Waals surface area contributed by atoms with Gasteiger partial charge in [-0.15, -0.1) is 0 Å². The Bertz CT molecular complexity index is 890. The van der Waals surface area contributed by atoms with Crippen LogP contribution in [0.1, 0.15) is 17.5 Å². The number of rotatable bonds is 4. The molecule has 1 heterocycles. The number of nitrogens with one attached hydrogen (secondary N) is 1. The third kappa shape index (κ3) is 5.41. The molecular formula is C21H21F3N4O. The summed E-state index contributed by atoms with van der Waals surface area (Å²) in [5.41, 5.74) is 1.12. The molecule has 1 saturated heterocycles. The van der Waals surface area contributed by atoms with E-state index in [1.165, 1.54) is 12.1 Å². The molecule has 152 valence electrons. The fourth-order valence-electron chi connectivity index (χ4n) is 3.27. The van der Waals surface area contributed by atoms with Crippen molar-refractivity contribution >= 4 is 17.3 Å². The number of benzene rings is 2. The fourth-order valence-corrected chi connectivity index (χ4v) is 3.27. The Balaban J connectivity index is 1.55. The topological polar surface area (TPSA) is 59.4 Å². The summed E-state index contributed by atoms with van der Waals surface area (Å²) in [4.78, 5) is 16.4. The van der Waals surface area contributed by atoms with E-state index in [-0.39, 0.29) is 18.1 Å². The van der Waals surface area contributed by atoms with Gasteiger partial charge in [-0.05, 0) is 48.9 Å². The van der Waals surface area contributed by atoms with E-state index in [2.05, 4.69) is 16.3 Å². The van der Waals surface area contributed by atoms with E-state index in [1.807, 2.05) is 12.1 Å². The van der Waals surface area contributed by atoms with Gasteiger partial charge in [-0.3, -0.25) is 4.79 Å². The molecule has 1 fully saturated rings. The van der Waals surface area contributed by atoms with Crippen molar-refractivity contribution in [3.63, 3.8) is 0 Å². The van der Waals surface area contributed by atoms with Gasteiger partial charge in [0, 0.05) is 37.6 Å². The van der Waals surface area contributed by atoms with E-state index < -0.39 is 11.7 Å². The third-order valence-electron chi connectivity index (χ3n) is 4.84. The Morgan fingerprint density at radius 1 is 1.07 bits per heavy atom. The Labute approximate surface area is 167 Å². The normalized spacial score (nSPS) is 14.8. The predicted molar refractivity (Wildman–Crippen MR) is 105 cm³/mol. The molecule has 29 heavy (non-hydrogen) atoms. The molecule has 0 unspecified atom stereocenters. The van der Waals surface area contributed by atoms with E-state index in [0.717, 1.165) is 30.8 Å². The average Bonchev–Trinajstić information content (AvgIpc) is 2.98. The van der Waals surface area contributed by atoms with Crippen LogP contribution in [0.3, 0.4) is 0 Å². The van der Waals surface area contributed by atoms with Gasteiger partial charge in [0.25, 0.3) is 0 Å². The first-order chi connectivity index (χ1) is 13.9. The first kappa shape index (κ1) is 20.5. The fraction of sp³-hybridized carbons (Fsp3) is 0.333. The van der Waals surface area contributed by atoms with Crippen LogP contribution in [0.5, 0.6) is 0 Å². The molecule has 3 rings (SSSR count). The Morgan fingerprint density at radius 2 is 1.83 bits per heavy atom. The summed E-state index contributed by atoms with van der Waals surface area (Å²) in [7, 11) is 0. The summed E-state index contributed by atoms with van der Waals surface area (Å²) in [6, 6.07) is 14.2. The SMILES string of the molecule is N#Cc1ccc(N2CCCN(C(=O)CNc3cccc(C(F)(F)F)c3)CC2)cc1. The lowest BCUT2D eigenvalue weighted by Gasteiger charge is -2.24. The van der Waals surface area contributed by atoms with Crippen LogP contribution in [0.4, 0.5) is 24.5 Å². The number of anilines is 2. The minimum atomic E-state index is -4.42. The zero-order valence-corrected chi connectivity index (χ0v) is 15.7. The van der Waals surface area contributed by atoms with Crippen molar-refractivity contribution in [1.82, 2.24) is 4.90 Å². The maximum Gasteiger partial charge on any atom is 0.416 e. The number of nitriles is 1. The highest BCUT2D eigenvalue weighted by atomic mass is 19.4. The van der Waals surface area contributed by atoms with E-state index in [9.17, 15) is 18.0 Å². The zero-order chi connectivity index (χ0) is 20.9. The van der Waals surface area contributed by atoms with Gasteiger partial charge in [-0.2, -0.15) is 18.4 Å². The van der Waals surface area contributed by atoms with Gasteiger partial charge in [-0.1, -0.05) is 6.07 Å². The molecule has 8 heteroatoms. The smallest absolute Gasteiger partial charge is 0.376 e. The largest absolute Gasteiger partial charge is 0.416 e. The summed E-state index contributed by atoms with van der Waals surface area (Å²) < 4.78 is 38.4. The Kier molecular flexibility index (Phi) is 6.27. The lowest BCUT2D eigenvalue weighted by atomic mass is 10.2. The summed E-state index contributed by atoms with van der Waals surface area (Å²) >= 11 is 0. The van der Waals surface area contributed by atoms with Crippen molar-refractivity contribution in [2.75, 3.05) is 42.9 Å². The Hall–Kier alpha value is -3.21.